The number of sulfonamides is 1. The molecule has 0 atom stereocenters. The summed E-state index contributed by atoms with van der Waals surface area (Å²) < 4.78 is 31.3. The number of hydrogen-bond acceptors (Lipinski definition) is 4. The molecule has 6 nitrogen and oxygen atoms in total. The normalized spacial score (nSPS) is 11.0. The predicted octanol–water partition coefficient (Wildman–Crippen LogP) is 4.05. The molecule has 0 radical (unpaired) electrons. The summed E-state index contributed by atoms with van der Waals surface area (Å²) in [6.07, 6.45) is 3.43. The van der Waals surface area contributed by atoms with E-state index < -0.39 is 10.0 Å². The number of hydrogen-bond donors (Lipinski definition) is 1. The summed E-state index contributed by atoms with van der Waals surface area (Å²) in [5, 5.41) is 2.82. The minimum Gasteiger partial charge on any atom is -0.489 e. The average Bonchev–Trinajstić information content (AvgIpc) is 2.62. The first-order chi connectivity index (χ1) is 13.7. The van der Waals surface area contributed by atoms with Crippen molar-refractivity contribution in [3.05, 3.63) is 66.2 Å². The number of nitrogens with zero attached hydrogens (tertiary/aromatic N) is 1. The maximum absolute atomic E-state index is 12.3. The highest BCUT2D eigenvalue weighted by Crippen LogP contribution is 2.22. The summed E-state index contributed by atoms with van der Waals surface area (Å²) in [6.45, 7) is 8.08. The smallest absolute Gasteiger partial charge is 0.232 e. The number of carbonyl (C=O) groups is 1. The van der Waals surface area contributed by atoms with Gasteiger partial charge in [-0.25, -0.2) is 8.42 Å². The quantitative estimate of drug-likeness (QED) is 0.593. The first kappa shape index (κ1) is 22.5. The van der Waals surface area contributed by atoms with Crippen LogP contribution < -0.4 is 14.4 Å². The number of benzene rings is 2. The highest BCUT2D eigenvalue weighted by Gasteiger charge is 2.18. The van der Waals surface area contributed by atoms with Crippen molar-refractivity contribution in [1.29, 1.82) is 0 Å². The Balaban J connectivity index is 1.97. The van der Waals surface area contributed by atoms with E-state index in [2.05, 4.69) is 11.9 Å². The Morgan fingerprint density at radius 1 is 1.17 bits per heavy atom. The fourth-order valence-electron chi connectivity index (χ4n) is 3.01. The lowest BCUT2D eigenvalue weighted by Gasteiger charge is -2.23. The molecule has 0 aliphatic carbocycles. The molecule has 7 heteroatoms. The molecule has 0 aliphatic heterocycles. The van der Waals surface area contributed by atoms with Gasteiger partial charge in [-0.3, -0.25) is 9.10 Å². The van der Waals surface area contributed by atoms with Gasteiger partial charge in [-0.2, -0.15) is 0 Å². The Kier molecular flexibility index (Phi) is 7.84. The first-order valence-corrected chi connectivity index (χ1v) is 11.2. The van der Waals surface area contributed by atoms with E-state index in [-0.39, 0.29) is 18.9 Å². The van der Waals surface area contributed by atoms with Gasteiger partial charge in [-0.1, -0.05) is 24.8 Å². The molecule has 0 fully saturated rings. The molecule has 0 saturated heterocycles. The molecule has 1 amide bonds. The maximum Gasteiger partial charge on any atom is 0.232 e. The lowest BCUT2D eigenvalue weighted by Crippen LogP contribution is -2.31. The van der Waals surface area contributed by atoms with E-state index in [1.165, 1.54) is 10.6 Å². The van der Waals surface area contributed by atoms with Crippen molar-refractivity contribution in [2.45, 2.75) is 26.7 Å². The van der Waals surface area contributed by atoms with Gasteiger partial charge in [0.15, 0.2) is 0 Å². The van der Waals surface area contributed by atoms with Gasteiger partial charge in [0.2, 0.25) is 15.9 Å². The third-order valence-electron chi connectivity index (χ3n) is 4.15. The molecule has 0 saturated carbocycles. The molecule has 0 unspecified atom stereocenters. The number of carbonyl (C=O) groups excluding carboxylic acids is 1. The Morgan fingerprint density at radius 2 is 1.86 bits per heavy atom. The van der Waals surface area contributed by atoms with Gasteiger partial charge >= 0.3 is 0 Å². The monoisotopic (exact) mass is 416 g/mol. The zero-order chi connectivity index (χ0) is 21.4. The Morgan fingerprint density at radius 3 is 2.48 bits per heavy atom. The summed E-state index contributed by atoms with van der Waals surface area (Å²) in [5.74, 6) is 0.459. The van der Waals surface area contributed by atoms with Crippen molar-refractivity contribution < 1.29 is 17.9 Å². The highest BCUT2D eigenvalue weighted by atomic mass is 32.2. The topological polar surface area (TPSA) is 75.7 Å². The van der Waals surface area contributed by atoms with Crippen LogP contribution in [0.1, 0.15) is 24.0 Å². The molecule has 1 N–H and O–H groups in total. The third kappa shape index (κ3) is 7.27. The Labute approximate surface area is 173 Å². The predicted molar refractivity (Wildman–Crippen MR) is 118 cm³/mol. The number of anilines is 2. The summed E-state index contributed by atoms with van der Waals surface area (Å²) in [7, 11) is -3.45. The van der Waals surface area contributed by atoms with Crippen LogP contribution in [-0.4, -0.2) is 33.7 Å². The van der Waals surface area contributed by atoms with E-state index in [1.54, 1.807) is 30.3 Å². The van der Waals surface area contributed by atoms with E-state index in [9.17, 15) is 13.2 Å². The van der Waals surface area contributed by atoms with Gasteiger partial charge in [0, 0.05) is 24.7 Å². The van der Waals surface area contributed by atoms with E-state index in [4.69, 9.17) is 4.74 Å². The van der Waals surface area contributed by atoms with Crippen molar-refractivity contribution in [2.24, 2.45) is 0 Å². The SMILES string of the molecule is C=CCOc1cccc(NC(=O)CCCN(c2cc(C)cc(C)c2)S(C)(=O)=O)c1. The Bertz CT molecular complexity index is 950. The summed E-state index contributed by atoms with van der Waals surface area (Å²) in [4.78, 5) is 12.3. The molecule has 0 aliphatic rings. The van der Waals surface area contributed by atoms with Crippen molar-refractivity contribution in [3.63, 3.8) is 0 Å². The zero-order valence-corrected chi connectivity index (χ0v) is 18.0. The largest absolute Gasteiger partial charge is 0.489 e. The molecule has 2 aromatic rings. The summed E-state index contributed by atoms with van der Waals surface area (Å²) in [6, 6.07) is 12.8. The standard InChI is InChI=1S/C22H28N2O4S/c1-5-12-28-21-9-6-8-19(16-21)23-22(25)10-7-11-24(29(4,26)27)20-14-17(2)13-18(3)15-20/h5-6,8-9,13-16H,1,7,10-12H2,2-4H3,(H,23,25). The van der Waals surface area contributed by atoms with Crippen molar-refractivity contribution in [1.82, 2.24) is 0 Å². The van der Waals surface area contributed by atoms with E-state index in [0.29, 0.717) is 30.2 Å². The molecular weight excluding hydrogens is 388 g/mol. The number of rotatable bonds is 10. The first-order valence-electron chi connectivity index (χ1n) is 9.38. The fraction of sp³-hybridized carbons (Fsp3) is 0.318. The van der Waals surface area contributed by atoms with Gasteiger partial charge in [0.05, 0.1) is 11.9 Å². The molecule has 0 aromatic heterocycles. The second-order valence-corrected chi connectivity index (χ2v) is 8.87. The van der Waals surface area contributed by atoms with Crippen molar-refractivity contribution in [2.75, 3.05) is 29.0 Å². The van der Waals surface area contributed by atoms with E-state index in [0.717, 1.165) is 11.1 Å². The molecule has 0 heterocycles. The van der Waals surface area contributed by atoms with E-state index in [1.807, 2.05) is 32.0 Å². The van der Waals surface area contributed by atoms with Gasteiger partial charge in [0.25, 0.3) is 0 Å². The number of amides is 1. The van der Waals surface area contributed by atoms with Crippen LogP contribution in [0.4, 0.5) is 11.4 Å². The van der Waals surface area contributed by atoms with Gasteiger partial charge in [-0.05, 0) is 55.7 Å². The van der Waals surface area contributed by atoms with Crippen LogP contribution in [0.3, 0.4) is 0 Å². The Hall–Kier alpha value is -2.80. The molecule has 0 bridgehead atoms. The number of aryl methyl sites for hydroxylation is 2. The van der Waals surface area contributed by atoms with Gasteiger partial charge in [-0.15, -0.1) is 0 Å². The minimum absolute atomic E-state index is 0.181. The lowest BCUT2D eigenvalue weighted by molar-refractivity contribution is -0.116. The molecule has 2 aromatic carbocycles. The van der Waals surface area contributed by atoms with Crippen LogP contribution in [-0.2, 0) is 14.8 Å². The van der Waals surface area contributed by atoms with Crippen LogP contribution in [0.2, 0.25) is 0 Å². The molecule has 29 heavy (non-hydrogen) atoms. The highest BCUT2D eigenvalue weighted by molar-refractivity contribution is 7.92. The minimum atomic E-state index is -3.45. The van der Waals surface area contributed by atoms with Crippen LogP contribution in [0, 0.1) is 13.8 Å². The van der Waals surface area contributed by atoms with Crippen LogP contribution in [0.25, 0.3) is 0 Å². The van der Waals surface area contributed by atoms with Crippen LogP contribution >= 0.6 is 0 Å². The molecule has 2 rings (SSSR count). The van der Waals surface area contributed by atoms with Crippen LogP contribution in [0.5, 0.6) is 5.75 Å². The summed E-state index contributed by atoms with van der Waals surface area (Å²) >= 11 is 0. The van der Waals surface area contributed by atoms with Crippen LogP contribution in [0.15, 0.2) is 55.1 Å². The lowest BCUT2D eigenvalue weighted by atomic mass is 10.1. The zero-order valence-electron chi connectivity index (χ0n) is 17.1. The number of nitrogens with one attached hydrogen (secondary N) is 1. The van der Waals surface area contributed by atoms with Crippen molar-refractivity contribution in [3.8, 4) is 5.75 Å². The molecule has 156 valence electrons. The molecular formula is C22H28N2O4S. The van der Waals surface area contributed by atoms with Gasteiger partial charge in [0.1, 0.15) is 12.4 Å². The fourth-order valence-corrected chi connectivity index (χ4v) is 3.96. The average molecular weight is 417 g/mol. The van der Waals surface area contributed by atoms with Gasteiger partial charge < -0.3 is 10.1 Å². The third-order valence-corrected chi connectivity index (χ3v) is 5.34. The second-order valence-electron chi connectivity index (χ2n) is 6.96. The molecule has 0 spiro atoms. The maximum atomic E-state index is 12.3. The second kappa shape index (κ2) is 10.1. The van der Waals surface area contributed by atoms with Crippen molar-refractivity contribution >= 4 is 27.3 Å². The van der Waals surface area contributed by atoms with E-state index >= 15 is 0 Å². The summed E-state index contributed by atoms with van der Waals surface area (Å²) in [5.41, 5.74) is 3.23. The number of ether oxygens (including phenoxy) is 1.